The molecule has 372 valence electrons. The first-order chi connectivity index (χ1) is 37.9. The molecule has 13 aromatic rings. The van der Waals surface area contributed by atoms with Crippen LogP contribution in [0.4, 0.5) is 17.1 Å². The molecule has 0 radical (unpaired) electrons. The van der Waals surface area contributed by atoms with Gasteiger partial charge in [0, 0.05) is 54.9 Å². The maximum atomic E-state index is 2.47. The fourth-order valence-electron chi connectivity index (χ4n) is 14.4. The number of anilines is 3. The molecule has 0 unspecified atom stereocenters. The van der Waals surface area contributed by atoms with Gasteiger partial charge in [-0.3, -0.25) is 0 Å². The van der Waals surface area contributed by atoms with Gasteiger partial charge in [-0.15, -0.1) is 0 Å². The summed E-state index contributed by atoms with van der Waals surface area (Å²) in [5, 5.41) is 5.14. The highest BCUT2D eigenvalue weighted by atomic mass is 15.2. The van der Waals surface area contributed by atoms with Gasteiger partial charge in [-0.2, -0.15) is 0 Å². The molecule has 0 N–H and O–H groups in total. The molecule has 0 fully saturated rings. The van der Waals surface area contributed by atoms with Crippen molar-refractivity contribution in [1.29, 1.82) is 0 Å². The molecule has 0 atom stereocenters. The molecule has 0 saturated heterocycles. The number of fused-ring (bicyclic) bond motifs is 14. The van der Waals surface area contributed by atoms with Crippen LogP contribution in [-0.2, 0) is 16.2 Å². The third-order valence-corrected chi connectivity index (χ3v) is 18.5. The van der Waals surface area contributed by atoms with Crippen LogP contribution >= 0.6 is 0 Å². The molecule has 2 aromatic heterocycles. The van der Waals surface area contributed by atoms with Crippen LogP contribution in [0.3, 0.4) is 0 Å². The van der Waals surface area contributed by atoms with E-state index < -0.39 is 0 Å². The Morgan fingerprint density at radius 3 is 1.09 bits per heavy atom. The van der Waals surface area contributed by atoms with Gasteiger partial charge in [-0.1, -0.05) is 181 Å². The van der Waals surface area contributed by atoms with Crippen molar-refractivity contribution in [3.8, 4) is 55.9 Å². The van der Waals surface area contributed by atoms with Crippen LogP contribution in [0.2, 0.25) is 0 Å². The minimum Gasteiger partial charge on any atom is -0.310 e. The topological polar surface area (TPSA) is 13.1 Å². The van der Waals surface area contributed by atoms with Crippen molar-refractivity contribution in [1.82, 2.24) is 9.13 Å². The fraction of sp³-hybridized carbons (Fsp3) is 0.120. The molecule has 0 saturated carbocycles. The predicted molar refractivity (Wildman–Crippen MR) is 328 cm³/mol. The Labute approximate surface area is 455 Å². The second kappa shape index (κ2) is 15.9. The highest BCUT2D eigenvalue weighted by molar-refractivity contribution is 6.13. The van der Waals surface area contributed by atoms with Crippen LogP contribution in [0.5, 0.6) is 0 Å². The van der Waals surface area contributed by atoms with Crippen LogP contribution in [0, 0.1) is 0 Å². The summed E-state index contributed by atoms with van der Waals surface area (Å²) in [6.07, 6.45) is 0. The number of benzene rings is 11. The average Bonchev–Trinajstić information content (AvgIpc) is 3.94. The molecule has 3 heterocycles. The fourth-order valence-corrected chi connectivity index (χ4v) is 14.4. The van der Waals surface area contributed by atoms with E-state index in [2.05, 4.69) is 292 Å². The molecule has 78 heavy (non-hydrogen) atoms. The molecule has 0 amide bonds. The minimum absolute atomic E-state index is 0.0852. The molecule has 11 aromatic carbocycles. The second-order valence-corrected chi connectivity index (χ2v) is 23.7. The van der Waals surface area contributed by atoms with Crippen LogP contribution < -0.4 is 4.90 Å². The molecule has 3 nitrogen and oxygen atoms in total. The lowest BCUT2D eigenvalue weighted by molar-refractivity contribution is 0.632. The van der Waals surface area contributed by atoms with E-state index in [0.717, 1.165) is 17.1 Å². The lowest BCUT2D eigenvalue weighted by Crippen LogP contribution is -2.30. The van der Waals surface area contributed by atoms with Crippen molar-refractivity contribution in [3.05, 3.63) is 270 Å². The van der Waals surface area contributed by atoms with Gasteiger partial charge in [0.2, 0.25) is 0 Å². The third-order valence-electron chi connectivity index (χ3n) is 18.5. The van der Waals surface area contributed by atoms with Crippen LogP contribution in [0.15, 0.2) is 237 Å². The number of hydrogen-bond acceptors (Lipinski definition) is 1. The molecule has 0 bridgehead atoms. The zero-order valence-corrected chi connectivity index (χ0v) is 44.9. The number of hydrogen-bond donors (Lipinski definition) is 0. The van der Waals surface area contributed by atoms with Crippen molar-refractivity contribution in [2.45, 2.75) is 57.8 Å². The SMILES string of the molecule is CC1(C)c2ccccc2-c2cc3c4ccccc4n(-c4ccc(-c5ccc6c(c5)C(C)(C)c5cc(-c7ccc(-n8c9ccccc9c9cc%10c(cc98)C(C)(C)c8ccccc8-%10)cc7)ccc5N6c5ccccc5)cc4)c3cc21. The highest BCUT2D eigenvalue weighted by Gasteiger charge is 2.40. The third kappa shape index (κ3) is 6.16. The zero-order valence-electron chi connectivity index (χ0n) is 44.9. The first-order valence-corrected chi connectivity index (χ1v) is 27.7. The molecule has 3 aliphatic rings. The van der Waals surface area contributed by atoms with Gasteiger partial charge in [0.15, 0.2) is 0 Å². The van der Waals surface area contributed by atoms with E-state index in [1.165, 1.54) is 133 Å². The van der Waals surface area contributed by atoms with Crippen LogP contribution in [-0.4, -0.2) is 9.13 Å². The Hall–Kier alpha value is -9.18. The maximum Gasteiger partial charge on any atom is 0.0544 e. The predicted octanol–water partition coefficient (Wildman–Crippen LogP) is 19.9. The highest BCUT2D eigenvalue weighted by Crippen LogP contribution is 2.55. The maximum absolute atomic E-state index is 2.47. The van der Waals surface area contributed by atoms with Gasteiger partial charge in [-0.25, -0.2) is 0 Å². The Bertz CT molecular complexity index is 4400. The van der Waals surface area contributed by atoms with Crippen molar-refractivity contribution in [2.24, 2.45) is 0 Å². The summed E-state index contributed by atoms with van der Waals surface area (Å²) in [6, 6.07) is 89.1. The molecule has 0 spiro atoms. The Morgan fingerprint density at radius 1 is 0.244 bits per heavy atom. The van der Waals surface area contributed by atoms with Crippen molar-refractivity contribution in [2.75, 3.05) is 4.90 Å². The van der Waals surface area contributed by atoms with Gasteiger partial charge in [0.05, 0.1) is 33.4 Å². The molecule has 3 heteroatoms. The van der Waals surface area contributed by atoms with Crippen molar-refractivity contribution in [3.63, 3.8) is 0 Å². The number of nitrogens with zero attached hydrogens (tertiary/aromatic N) is 3. The van der Waals surface area contributed by atoms with E-state index in [-0.39, 0.29) is 16.2 Å². The van der Waals surface area contributed by atoms with E-state index in [4.69, 9.17) is 0 Å². The number of aromatic nitrogens is 2. The number of rotatable bonds is 5. The second-order valence-electron chi connectivity index (χ2n) is 23.7. The lowest BCUT2D eigenvalue weighted by atomic mass is 9.72. The monoisotopic (exact) mass is 999 g/mol. The summed E-state index contributed by atoms with van der Waals surface area (Å²) < 4.78 is 4.94. The normalized spacial score (nSPS) is 15.1. The summed E-state index contributed by atoms with van der Waals surface area (Å²) in [6.45, 7) is 14.3. The summed E-state index contributed by atoms with van der Waals surface area (Å²) in [5.74, 6) is 0. The molecule has 1 aliphatic heterocycles. The number of para-hydroxylation sites is 3. The van der Waals surface area contributed by atoms with Crippen molar-refractivity contribution >= 4 is 60.7 Å². The zero-order chi connectivity index (χ0) is 52.4. The van der Waals surface area contributed by atoms with Gasteiger partial charge in [0.25, 0.3) is 0 Å². The standard InChI is InChI=1S/C75H57N3/c1-73(2)61-24-14-10-20-53(61)57-42-59-55-22-12-16-26-67(55)76(71(59)44-63(57)73)51-34-28-46(29-35-51)48-32-38-69-65(40-48)75(5,6)66-41-49(33-39-70(66)78(69)50-18-8-7-9-19-50)47-30-36-52(37-31-47)77-68-27-17-13-23-56(68)60-43-58-54-21-11-15-25-62(54)74(3,4)64(58)45-72(60)77/h7-45H,1-6H3. The van der Waals surface area contributed by atoms with Crippen molar-refractivity contribution < 1.29 is 0 Å². The van der Waals surface area contributed by atoms with Crippen LogP contribution in [0.25, 0.3) is 99.5 Å². The van der Waals surface area contributed by atoms with E-state index in [0.29, 0.717) is 0 Å². The van der Waals surface area contributed by atoms with E-state index in [1.54, 1.807) is 0 Å². The Balaban J connectivity index is 0.772. The summed E-state index contributed by atoms with van der Waals surface area (Å²) >= 11 is 0. The van der Waals surface area contributed by atoms with Gasteiger partial charge >= 0.3 is 0 Å². The smallest absolute Gasteiger partial charge is 0.0544 e. The summed E-state index contributed by atoms with van der Waals surface area (Å²) in [7, 11) is 0. The molecular weight excluding hydrogens is 943 g/mol. The first kappa shape index (κ1) is 45.1. The summed E-state index contributed by atoms with van der Waals surface area (Å²) in [5.41, 5.74) is 28.8. The van der Waals surface area contributed by atoms with E-state index in [1.807, 2.05) is 0 Å². The van der Waals surface area contributed by atoms with E-state index in [9.17, 15) is 0 Å². The van der Waals surface area contributed by atoms with E-state index >= 15 is 0 Å². The molecule has 2 aliphatic carbocycles. The molecular formula is C75H57N3. The Kier molecular flexibility index (Phi) is 9.21. The van der Waals surface area contributed by atoms with Gasteiger partial charge in [0.1, 0.15) is 0 Å². The van der Waals surface area contributed by atoms with Gasteiger partial charge < -0.3 is 14.0 Å². The minimum atomic E-state index is -0.310. The van der Waals surface area contributed by atoms with Crippen LogP contribution in [0.1, 0.15) is 74.9 Å². The lowest BCUT2D eigenvalue weighted by Gasteiger charge is -2.42. The Morgan fingerprint density at radius 2 is 0.628 bits per heavy atom. The largest absolute Gasteiger partial charge is 0.310 e. The quantitative estimate of drug-likeness (QED) is 0.167. The average molecular weight is 1000 g/mol. The molecule has 16 rings (SSSR count). The van der Waals surface area contributed by atoms with Gasteiger partial charge in [-0.05, 0) is 175 Å². The summed E-state index contributed by atoms with van der Waals surface area (Å²) in [4.78, 5) is 2.47. The first-order valence-electron chi connectivity index (χ1n) is 27.7.